The van der Waals surface area contributed by atoms with E-state index in [1.54, 1.807) is 17.6 Å². The van der Waals surface area contributed by atoms with Gasteiger partial charge in [-0.05, 0) is 42.0 Å². The molecule has 0 unspecified atom stereocenters. The van der Waals surface area contributed by atoms with Crippen molar-refractivity contribution in [2.45, 2.75) is 20.8 Å². The van der Waals surface area contributed by atoms with Crippen LogP contribution >= 0.6 is 34.3 Å². The standard InChI is InChI=1S/C20H22ClN3O2S2/c1-4-25-17-9-14(8-15(21)19(17)26-11-13(2)3)10-22-24-20-23-16(12-28-20)18-6-5-7-27-18/h5-10,12-13H,4,11H2,1-3H3,(H,23,24)/b22-10-. The lowest BCUT2D eigenvalue weighted by Crippen LogP contribution is -2.07. The van der Waals surface area contributed by atoms with Gasteiger partial charge < -0.3 is 9.47 Å². The number of thiophene rings is 1. The second-order valence-electron chi connectivity index (χ2n) is 6.35. The molecule has 0 aliphatic rings. The van der Waals surface area contributed by atoms with E-state index in [9.17, 15) is 0 Å². The third kappa shape index (κ3) is 5.47. The molecule has 3 aromatic rings. The smallest absolute Gasteiger partial charge is 0.203 e. The van der Waals surface area contributed by atoms with Gasteiger partial charge in [0, 0.05) is 5.38 Å². The van der Waals surface area contributed by atoms with Crippen LogP contribution in [-0.2, 0) is 0 Å². The lowest BCUT2D eigenvalue weighted by Gasteiger charge is -2.15. The number of hydrogen-bond acceptors (Lipinski definition) is 7. The summed E-state index contributed by atoms with van der Waals surface area (Å²) in [5, 5.41) is 9.55. The molecular formula is C20H22ClN3O2S2. The predicted molar refractivity (Wildman–Crippen MR) is 120 cm³/mol. The van der Waals surface area contributed by atoms with Gasteiger partial charge in [-0.2, -0.15) is 5.10 Å². The number of nitrogens with zero attached hydrogens (tertiary/aromatic N) is 2. The van der Waals surface area contributed by atoms with Gasteiger partial charge in [0.25, 0.3) is 0 Å². The minimum atomic E-state index is 0.397. The Morgan fingerprint density at radius 1 is 1.29 bits per heavy atom. The number of hydrazone groups is 1. The number of rotatable bonds is 9. The van der Waals surface area contributed by atoms with Crippen molar-refractivity contribution in [2.24, 2.45) is 11.0 Å². The summed E-state index contributed by atoms with van der Waals surface area (Å²) < 4.78 is 11.5. The average Bonchev–Trinajstić information content (AvgIpc) is 3.32. The Labute approximate surface area is 178 Å². The van der Waals surface area contributed by atoms with Gasteiger partial charge in [0.1, 0.15) is 0 Å². The molecule has 2 heterocycles. The number of anilines is 1. The van der Waals surface area contributed by atoms with E-state index >= 15 is 0 Å². The molecule has 3 rings (SSSR count). The van der Waals surface area contributed by atoms with Gasteiger partial charge in [0.15, 0.2) is 11.5 Å². The molecule has 0 atom stereocenters. The molecule has 0 saturated heterocycles. The van der Waals surface area contributed by atoms with Crippen molar-refractivity contribution < 1.29 is 9.47 Å². The fourth-order valence-corrected chi connectivity index (χ4v) is 4.03. The Bertz CT molecular complexity index is 924. The SMILES string of the molecule is CCOc1cc(/C=N\Nc2nc(-c3cccs3)cs2)cc(Cl)c1OCC(C)C. The highest BCUT2D eigenvalue weighted by Gasteiger charge is 2.13. The summed E-state index contributed by atoms with van der Waals surface area (Å²) in [4.78, 5) is 5.67. The zero-order valence-corrected chi connectivity index (χ0v) is 18.3. The number of benzene rings is 1. The van der Waals surface area contributed by atoms with E-state index in [1.165, 1.54) is 11.3 Å². The van der Waals surface area contributed by atoms with Gasteiger partial charge in [-0.1, -0.05) is 31.5 Å². The molecule has 0 amide bonds. The lowest BCUT2D eigenvalue weighted by atomic mass is 10.2. The van der Waals surface area contributed by atoms with Gasteiger partial charge in [0.05, 0.1) is 35.0 Å². The Kier molecular flexibility index (Phi) is 7.30. The highest BCUT2D eigenvalue weighted by Crippen LogP contribution is 2.36. The third-order valence-electron chi connectivity index (χ3n) is 3.54. The Hall–Kier alpha value is -2.09. The van der Waals surface area contributed by atoms with E-state index in [-0.39, 0.29) is 0 Å². The van der Waals surface area contributed by atoms with Crippen LogP contribution < -0.4 is 14.9 Å². The highest BCUT2D eigenvalue weighted by molar-refractivity contribution is 7.15. The summed E-state index contributed by atoms with van der Waals surface area (Å²) in [5.74, 6) is 1.59. The van der Waals surface area contributed by atoms with Crippen LogP contribution in [0.1, 0.15) is 26.3 Å². The average molecular weight is 436 g/mol. The number of hydrogen-bond donors (Lipinski definition) is 1. The zero-order valence-electron chi connectivity index (χ0n) is 15.9. The molecule has 0 aliphatic carbocycles. The number of thiazole rings is 1. The van der Waals surface area contributed by atoms with E-state index < -0.39 is 0 Å². The second-order valence-corrected chi connectivity index (χ2v) is 8.57. The van der Waals surface area contributed by atoms with Gasteiger partial charge in [-0.15, -0.1) is 22.7 Å². The maximum atomic E-state index is 6.41. The first-order valence-corrected chi connectivity index (χ1v) is 11.1. The van der Waals surface area contributed by atoms with E-state index in [2.05, 4.69) is 29.4 Å². The molecule has 2 aromatic heterocycles. The van der Waals surface area contributed by atoms with E-state index in [4.69, 9.17) is 21.1 Å². The van der Waals surface area contributed by atoms with Crippen molar-refractivity contribution >= 4 is 45.6 Å². The number of nitrogens with one attached hydrogen (secondary N) is 1. The van der Waals surface area contributed by atoms with Crippen LogP contribution in [0.25, 0.3) is 10.6 Å². The van der Waals surface area contributed by atoms with Crippen molar-refractivity contribution in [3.63, 3.8) is 0 Å². The number of halogens is 1. The molecule has 0 fully saturated rings. The van der Waals surface area contributed by atoms with Crippen LogP contribution in [0.2, 0.25) is 5.02 Å². The predicted octanol–water partition coefficient (Wildman–Crippen LogP) is 6.40. The fourth-order valence-electron chi connectivity index (χ4n) is 2.34. The molecule has 0 spiro atoms. The Morgan fingerprint density at radius 3 is 2.86 bits per heavy atom. The van der Waals surface area contributed by atoms with Crippen molar-refractivity contribution in [2.75, 3.05) is 18.6 Å². The van der Waals surface area contributed by atoms with Gasteiger partial charge in [0.2, 0.25) is 5.13 Å². The molecular weight excluding hydrogens is 414 g/mol. The van der Waals surface area contributed by atoms with Gasteiger partial charge >= 0.3 is 0 Å². The van der Waals surface area contributed by atoms with Crippen molar-refractivity contribution in [1.29, 1.82) is 0 Å². The fraction of sp³-hybridized carbons (Fsp3) is 0.300. The Balaban J connectivity index is 1.71. The number of ether oxygens (including phenoxy) is 2. The van der Waals surface area contributed by atoms with E-state index in [1.807, 2.05) is 41.9 Å². The number of aromatic nitrogens is 1. The summed E-state index contributed by atoms with van der Waals surface area (Å²) in [5.41, 5.74) is 4.73. The summed E-state index contributed by atoms with van der Waals surface area (Å²) in [6.07, 6.45) is 1.69. The van der Waals surface area contributed by atoms with Crippen LogP contribution in [0.5, 0.6) is 11.5 Å². The van der Waals surface area contributed by atoms with Crippen LogP contribution in [0, 0.1) is 5.92 Å². The quantitative estimate of drug-likeness (QED) is 0.312. The van der Waals surface area contributed by atoms with Crippen molar-refractivity contribution in [1.82, 2.24) is 4.98 Å². The molecule has 5 nitrogen and oxygen atoms in total. The maximum absolute atomic E-state index is 6.41. The second kappa shape index (κ2) is 9.91. The topological polar surface area (TPSA) is 55.7 Å². The van der Waals surface area contributed by atoms with E-state index in [0.717, 1.165) is 21.3 Å². The molecule has 0 saturated carbocycles. The first-order chi connectivity index (χ1) is 13.6. The van der Waals surface area contributed by atoms with E-state index in [0.29, 0.717) is 35.7 Å². The summed E-state index contributed by atoms with van der Waals surface area (Å²) in [6, 6.07) is 7.74. The van der Waals surface area contributed by atoms with Gasteiger partial charge in [-0.3, -0.25) is 5.43 Å². The highest BCUT2D eigenvalue weighted by atomic mass is 35.5. The van der Waals surface area contributed by atoms with Gasteiger partial charge in [-0.25, -0.2) is 4.98 Å². The molecule has 0 aliphatic heterocycles. The molecule has 0 bridgehead atoms. The zero-order chi connectivity index (χ0) is 19.9. The summed E-state index contributed by atoms with van der Waals surface area (Å²) in [6.45, 7) is 7.20. The largest absolute Gasteiger partial charge is 0.490 e. The van der Waals surface area contributed by atoms with Crippen LogP contribution in [0.3, 0.4) is 0 Å². The molecule has 1 N–H and O–H groups in total. The molecule has 0 radical (unpaired) electrons. The monoisotopic (exact) mass is 435 g/mol. The minimum Gasteiger partial charge on any atom is -0.490 e. The summed E-state index contributed by atoms with van der Waals surface area (Å²) >= 11 is 9.59. The van der Waals surface area contributed by atoms with Crippen LogP contribution in [-0.4, -0.2) is 24.4 Å². The normalized spacial score (nSPS) is 11.3. The lowest BCUT2D eigenvalue weighted by molar-refractivity contribution is 0.248. The molecule has 148 valence electrons. The Morgan fingerprint density at radius 2 is 2.14 bits per heavy atom. The maximum Gasteiger partial charge on any atom is 0.203 e. The molecule has 1 aromatic carbocycles. The van der Waals surface area contributed by atoms with Crippen LogP contribution in [0.15, 0.2) is 40.1 Å². The summed E-state index contributed by atoms with van der Waals surface area (Å²) in [7, 11) is 0. The molecule has 8 heteroatoms. The van der Waals surface area contributed by atoms with Crippen molar-refractivity contribution in [3.05, 3.63) is 45.6 Å². The first kappa shape index (κ1) is 20.6. The van der Waals surface area contributed by atoms with Crippen molar-refractivity contribution in [3.8, 4) is 22.1 Å². The minimum absolute atomic E-state index is 0.397. The first-order valence-electron chi connectivity index (χ1n) is 8.94. The van der Waals surface area contributed by atoms with Crippen LogP contribution in [0.4, 0.5) is 5.13 Å². The third-order valence-corrected chi connectivity index (χ3v) is 5.46. The molecule has 28 heavy (non-hydrogen) atoms.